The minimum absolute atomic E-state index is 0.917. The fourth-order valence-corrected chi connectivity index (χ4v) is 1.29. The van der Waals surface area contributed by atoms with E-state index < -0.39 is 0 Å². The monoisotopic (exact) mass is 424 g/mol. The zero-order chi connectivity index (χ0) is 25.0. The smallest absolute Gasteiger partial charge is 0.0172 e. The largest absolute Gasteiger partial charge is 0.103 e. The van der Waals surface area contributed by atoms with Crippen LogP contribution in [0.2, 0.25) is 0 Å². The van der Waals surface area contributed by atoms with Gasteiger partial charge < -0.3 is 0 Å². The highest BCUT2D eigenvalue weighted by Crippen LogP contribution is 1.98. The fraction of sp³-hybridized carbons (Fsp3) is 0.355. The van der Waals surface area contributed by atoms with Crippen LogP contribution in [0.15, 0.2) is 125 Å². The summed E-state index contributed by atoms with van der Waals surface area (Å²) in [5.41, 5.74) is 1.24. The molecule has 0 amide bonds. The Morgan fingerprint density at radius 2 is 1.00 bits per heavy atom. The molecule has 176 valence electrons. The molecular weight excluding hydrogens is 372 g/mol. The topological polar surface area (TPSA) is 0 Å². The molecule has 0 heteroatoms. The average Bonchev–Trinajstić information content (AvgIpc) is 2.77. The third-order valence-electron chi connectivity index (χ3n) is 2.93. The van der Waals surface area contributed by atoms with Crippen molar-refractivity contribution < 1.29 is 0 Å². The van der Waals surface area contributed by atoms with Crippen LogP contribution in [0.4, 0.5) is 0 Å². The van der Waals surface area contributed by atoms with Crippen molar-refractivity contribution >= 4 is 0 Å². The SMILES string of the molecule is C=CC/C=C/C.C=CC/C=C/CC.C=CCC=C.C=CCCC(=C)C.C=CCCC=C. The summed E-state index contributed by atoms with van der Waals surface area (Å²) >= 11 is 0. The third kappa shape index (κ3) is 98.4. The molecule has 31 heavy (non-hydrogen) atoms. The molecule has 0 aromatic heterocycles. The lowest BCUT2D eigenvalue weighted by atomic mass is 10.2. The number of hydrogen-bond donors (Lipinski definition) is 0. The van der Waals surface area contributed by atoms with Crippen molar-refractivity contribution in [2.24, 2.45) is 0 Å². The van der Waals surface area contributed by atoms with Crippen LogP contribution in [0.5, 0.6) is 0 Å². The summed E-state index contributed by atoms with van der Waals surface area (Å²) in [6, 6.07) is 0. The lowest BCUT2D eigenvalue weighted by Gasteiger charge is -1.88. The minimum atomic E-state index is 0.917. The molecule has 0 rings (SSSR count). The Morgan fingerprint density at radius 3 is 1.19 bits per heavy atom. The summed E-state index contributed by atoms with van der Waals surface area (Å²) in [6.45, 7) is 34.7. The molecular formula is C31H52. The zero-order valence-corrected chi connectivity index (χ0v) is 21.2. The fourth-order valence-electron chi connectivity index (χ4n) is 1.29. The predicted molar refractivity (Wildman–Crippen MR) is 153 cm³/mol. The maximum absolute atomic E-state index is 3.74. The predicted octanol–water partition coefficient (Wildman–Crippen LogP) is 11.1. The normalized spacial score (nSPS) is 8.35. The van der Waals surface area contributed by atoms with Crippen molar-refractivity contribution in [3.05, 3.63) is 125 Å². The van der Waals surface area contributed by atoms with Gasteiger partial charge in [-0.1, -0.05) is 79.3 Å². The lowest BCUT2D eigenvalue weighted by molar-refractivity contribution is 0.986. The van der Waals surface area contributed by atoms with E-state index in [1.807, 2.05) is 62.5 Å². The van der Waals surface area contributed by atoms with Gasteiger partial charge in [0.15, 0.2) is 0 Å². The van der Waals surface area contributed by atoms with Crippen LogP contribution in [0.3, 0.4) is 0 Å². The Labute approximate surface area is 197 Å². The Morgan fingerprint density at radius 1 is 0.581 bits per heavy atom. The standard InChI is InChI=1S/2C7H12.2C6H10.C5H8/c1-4-5-6-7(2)3;1-3-5-7-6-4-2;2*1-3-5-6-4-2;1-3-5-4-2/h4H,1-2,5-6H2,3H3;3,6-7H,1,4-5H2,2H3;3-4,6H,1,5H2,2H3;3-4H,1-2,5-6H2;3-4H,1-2,5H2/b;7-6+;6-4+;;. The van der Waals surface area contributed by atoms with Gasteiger partial charge in [0, 0.05) is 0 Å². The molecule has 0 aliphatic carbocycles. The molecule has 0 aliphatic rings. The van der Waals surface area contributed by atoms with Crippen LogP contribution >= 0.6 is 0 Å². The van der Waals surface area contributed by atoms with Gasteiger partial charge in [-0.25, -0.2) is 0 Å². The van der Waals surface area contributed by atoms with Crippen molar-refractivity contribution in [1.82, 2.24) is 0 Å². The van der Waals surface area contributed by atoms with E-state index in [9.17, 15) is 0 Å². The Balaban J connectivity index is -0.0000000913. The van der Waals surface area contributed by atoms with E-state index in [1.165, 1.54) is 5.57 Å². The molecule has 0 saturated heterocycles. The molecule has 0 aliphatic heterocycles. The highest BCUT2D eigenvalue weighted by Gasteiger charge is 1.78. The van der Waals surface area contributed by atoms with Crippen molar-refractivity contribution in [3.8, 4) is 0 Å². The van der Waals surface area contributed by atoms with Gasteiger partial charge in [0.25, 0.3) is 0 Å². The number of rotatable bonds is 13. The van der Waals surface area contributed by atoms with E-state index >= 15 is 0 Å². The third-order valence-corrected chi connectivity index (χ3v) is 2.93. The van der Waals surface area contributed by atoms with E-state index in [2.05, 4.69) is 77.8 Å². The van der Waals surface area contributed by atoms with Crippen LogP contribution in [-0.4, -0.2) is 0 Å². The van der Waals surface area contributed by atoms with Gasteiger partial charge in [-0.2, -0.15) is 0 Å². The van der Waals surface area contributed by atoms with E-state index in [1.54, 1.807) is 0 Å². The minimum Gasteiger partial charge on any atom is -0.103 e. The first kappa shape index (κ1) is 38.9. The van der Waals surface area contributed by atoms with Gasteiger partial charge in [-0.3, -0.25) is 0 Å². The molecule has 0 nitrogen and oxygen atoms in total. The Bertz CT molecular complexity index is 454. The van der Waals surface area contributed by atoms with Crippen LogP contribution in [0, 0.1) is 0 Å². The number of allylic oxidation sites excluding steroid dienone is 12. The maximum atomic E-state index is 3.74. The molecule has 0 heterocycles. The van der Waals surface area contributed by atoms with E-state index in [4.69, 9.17) is 0 Å². The first-order valence-corrected chi connectivity index (χ1v) is 11.1. The number of unbranched alkanes of at least 4 members (excludes halogenated alkanes) is 1. The van der Waals surface area contributed by atoms with E-state index in [-0.39, 0.29) is 0 Å². The van der Waals surface area contributed by atoms with Crippen molar-refractivity contribution in [3.63, 3.8) is 0 Å². The van der Waals surface area contributed by atoms with Crippen molar-refractivity contribution in [1.29, 1.82) is 0 Å². The zero-order valence-electron chi connectivity index (χ0n) is 21.2. The molecule has 0 spiro atoms. The van der Waals surface area contributed by atoms with Crippen LogP contribution in [-0.2, 0) is 0 Å². The lowest BCUT2D eigenvalue weighted by Crippen LogP contribution is -1.68. The second-order valence-electron chi connectivity index (χ2n) is 6.25. The highest BCUT2D eigenvalue weighted by atomic mass is 13.8. The van der Waals surface area contributed by atoms with E-state index in [0.717, 1.165) is 51.4 Å². The van der Waals surface area contributed by atoms with Gasteiger partial charge in [0.2, 0.25) is 0 Å². The molecule has 0 aromatic rings. The summed E-state index contributed by atoms with van der Waals surface area (Å²) in [4.78, 5) is 0. The van der Waals surface area contributed by atoms with Gasteiger partial charge in [0.1, 0.15) is 0 Å². The van der Waals surface area contributed by atoms with Crippen LogP contribution in [0.25, 0.3) is 0 Å². The second kappa shape index (κ2) is 50.7. The Kier molecular flexibility index (Phi) is 63.7. The summed E-state index contributed by atoms with van der Waals surface area (Å²) in [5, 5.41) is 0. The van der Waals surface area contributed by atoms with Gasteiger partial charge in [-0.05, 0) is 65.2 Å². The molecule has 0 unspecified atom stereocenters. The Hall–Kier alpha value is -2.60. The average molecular weight is 425 g/mol. The molecule has 0 radical (unpaired) electrons. The van der Waals surface area contributed by atoms with Gasteiger partial charge in [0.05, 0.1) is 0 Å². The first-order valence-electron chi connectivity index (χ1n) is 11.1. The van der Waals surface area contributed by atoms with Crippen molar-refractivity contribution in [2.75, 3.05) is 0 Å². The highest BCUT2D eigenvalue weighted by molar-refractivity contribution is 4.90. The van der Waals surface area contributed by atoms with Crippen LogP contribution < -0.4 is 0 Å². The number of hydrogen-bond acceptors (Lipinski definition) is 0. The quantitative estimate of drug-likeness (QED) is 0.204. The summed E-state index contributed by atoms with van der Waals surface area (Å²) in [6.07, 6.45) is 29.7. The molecule has 0 fully saturated rings. The van der Waals surface area contributed by atoms with Crippen molar-refractivity contribution in [2.45, 2.75) is 72.1 Å². The molecule has 0 aromatic carbocycles. The molecule has 0 N–H and O–H groups in total. The van der Waals surface area contributed by atoms with E-state index in [0.29, 0.717) is 0 Å². The summed E-state index contributed by atoms with van der Waals surface area (Å²) < 4.78 is 0. The first-order chi connectivity index (χ1) is 14.9. The van der Waals surface area contributed by atoms with Gasteiger partial charge >= 0.3 is 0 Å². The van der Waals surface area contributed by atoms with Crippen LogP contribution in [0.1, 0.15) is 72.1 Å². The second-order valence-corrected chi connectivity index (χ2v) is 6.25. The summed E-state index contributed by atoms with van der Waals surface area (Å²) in [7, 11) is 0. The van der Waals surface area contributed by atoms with Gasteiger partial charge in [-0.15, -0.1) is 52.6 Å². The molecule has 0 saturated carbocycles. The summed E-state index contributed by atoms with van der Waals surface area (Å²) in [5.74, 6) is 0. The maximum Gasteiger partial charge on any atom is -0.0172 e. The molecule has 0 atom stereocenters. The molecule has 0 bridgehead atoms.